The monoisotopic (exact) mass is 290 g/mol. The van der Waals surface area contributed by atoms with E-state index >= 15 is 0 Å². The molecule has 0 unspecified atom stereocenters. The van der Waals surface area contributed by atoms with Gasteiger partial charge in [0, 0.05) is 18.5 Å². The summed E-state index contributed by atoms with van der Waals surface area (Å²) in [4.78, 5) is 22.6. The first kappa shape index (κ1) is 15.5. The van der Waals surface area contributed by atoms with Gasteiger partial charge in [-0.15, -0.1) is 0 Å². The highest BCUT2D eigenvalue weighted by Crippen LogP contribution is 2.24. The molecule has 0 heterocycles. The predicted molar refractivity (Wildman–Crippen MR) is 79.6 cm³/mol. The van der Waals surface area contributed by atoms with E-state index < -0.39 is 0 Å². The zero-order valence-electron chi connectivity index (χ0n) is 12.3. The molecule has 0 radical (unpaired) electrons. The van der Waals surface area contributed by atoms with Gasteiger partial charge in [0.2, 0.25) is 5.91 Å². The third-order valence-electron chi connectivity index (χ3n) is 4.05. The first-order valence-corrected chi connectivity index (χ1v) is 7.30. The van der Waals surface area contributed by atoms with Crippen molar-refractivity contribution >= 4 is 11.9 Å². The molecular formula is C16H22N2O3. The van der Waals surface area contributed by atoms with E-state index in [0.29, 0.717) is 11.6 Å². The highest BCUT2D eigenvalue weighted by Gasteiger charge is 2.25. The highest BCUT2D eigenvalue weighted by atomic mass is 16.5. The number of ether oxygens (including phenoxy) is 1. The second kappa shape index (κ2) is 7.22. The normalized spacial score (nSPS) is 21.8. The van der Waals surface area contributed by atoms with Gasteiger partial charge in [0.15, 0.2) is 0 Å². The van der Waals surface area contributed by atoms with E-state index in [-0.39, 0.29) is 17.8 Å². The number of carbonyl (C=O) groups is 2. The molecule has 1 fully saturated rings. The zero-order chi connectivity index (χ0) is 15.2. The van der Waals surface area contributed by atoms with Crippen LogP contribution in [-0.4, -0.2) is 25.0 Å². The Hall–Kier alpha value is -1.88. The molecule has 0 spiro atoms. The van der Waals surface area contributed by atoms with E-state index in [9.17, 15) is 9.59 Å². The molecule has 1 amide bonds. The molecule has 0 bridgehead atoms. The second-order valence-corrected chi connectivity index (χ2v) is 5.53. The van der Waals surface area contributed by atoms with E-state index in [1.165, 1.54) is 7.11 Å². The molecule has 1 aliphatic carbocycles. The SMILES string of the molecule is COC(=O)c1ccc(CN[C@@H]2CCC[C@H](C(N)=O)C2)cc1. The van der Waals surface area contributed by atoms with Crippen molar-refractivity contribution in [3.8, 4) is 0 Å². The van der Waals surface area contributed by atoms with E-state index in [1.54, 1.807) is 12.1 Å². The molecule has 1 saturated carbocycles. The highest BCUT2D eigenvalue weighted by molar-refractivity contribution is 5.89. The van der Waals surface area contributed by atoms with Crippen molar-refractivity contribution in [2.45, 2.75) is 38.3 Å². The number of nitrogens with one attached hydrogen (secondary N) is 1. The molecule has 3 N–H and O–H groups in total. The molecule has 0 saturated heterocycles. The minimum Gasteiger partial charge on any atom is -0.465 e. The third-order valence-corrected chi connectivity index (χ3v) is 4.05. The maximum Gasteiger partial charge on any atom is 0.337 e. The number of hydrogen-bond acceptors (Lipinski definition) is 4. The second-order valence-electron chi connectivity index (χ2n) is 5.53. The Morgan fingerprint density at radius 1 is 1.29 bits per heavy atom. The van der Waals surface area contributed by atoms with Crippen molar-refractivity contribution in [3.05, 3.63) is 35.4 Å². The summed E-state index contributed by atoms with van der Waals surface area (Å²) in [5, 5.41) is 3.46. The summed E-state index contributed by atoms with van der Waals surface area (Å²) >= 11 is 0. The predicted octanol–water partition coefficient (Wildman–Crippen LogP) is 1.61. The van der Waals surface area contributed by atoms with Gasteiger partial charge >= 0.3 is 5.97 Å². The van der Waals surface area contributed by atoms with Gasteiger partial charge in [-0.25, -0.2) is 4.79 Å². The standard InChI is InChI=1S/C16H22N2O3/c1-21-16(20)12-7-5-11(6-8-12)10-18-14-4-2-3-13(9-14)15(17)19/h5-8,13-14,18H,2-4,9-10H2,1H3,(H2,17,19)/t13-,14+/m0/s1. The molecule has 114 valence electrons. The topological polar surface area (TPSA) is 81.4 Å². The van der Waals surface area contributed by atoms with Crippen LogP contribution in [0.3, 0.4) is 0 Å². The van der Waals surface area contributed by atoms with Gasteiger partial charge in [0.05, 0.1) is 12.7 Å². The summed E-state index contributed by atoms with van der Waals surface area (Å²) in [6.07, 6.45) is 3.83. The van der Waals surface area contributed by atoms with Gasteiger partial charge in [-0.05, 0) is 37.0 Å². The molecular weight excluding hydrogens is 268 g/mol. The largest absolute Gasteiger partial charge is 0.465 e. The van der Waals surface area contributed by atoms with Crippen LogP contribution in [0.5, 0.6) is 0 Å². The maximum atomic E-state index is 11.3. The average Bonchev–Trinajstić information content (AvgIpc) is 2.53. The molecule has 0 aromatic heterocycles. The summed E-state index contributed by atoms with van der Waals surface area (Å²) in [6, 6.07) is 7.67. The number of primary amides is 1. The van der Waals surface area contributed by atoms with Crippen LogP contribution >= 0.6 is 0 Å². The first-order valence-electron chi connectivity index (χ1n) is 7.30. The van der Waals surface area contributed by atoms with Gasteiger partial charge in [-0.2, -0.15) is 0 Å². The average molecular weight is 290 g/mol. The molecule has 21 heavy (non-hydrogen) atoms. The summed E-state index contributed by atoms with van der Waals surface area (Å²) in [5.41, 5.74) is 7.03. The molecule has 1 aliphatic rings. The van der Waals surface area contributed by atoms with Crippen molar-refractivity contribution < 1.29 is 14.3 Å². The Morgan fingerprint density at radius 2 is 2.00 bits per heavy atom. The Labute approximate surface area is 124 Å². The Balaban J connectivity index is 1.85. The molecule has 0 aliphatic heterocycles. The van der Waals surface area contributed by atoms with Crippen LogP contribution < -0.4 is 11.1 Å². The summed E-state index contributed by atoms with van der Waals surface area (Å²) in [5.74, 6) is -0.520. The molecule has 5 heteroatoms. The number of rotatable bonds is 5. The van der Waals surface area contributed by atoms with E-state index in [4.69, 9.17) is 5.73 Å². The number of nitrogens with two attached hydrogens (primary N) is 1. The van der Waals surface area contributed by atoms with Crippen LogP contribution in [-0.2, 0) is 16.1 Å². The van der Waals surface area contributed by atoms with Crippen LogP contribution in [0.2, 0.25) is 0 Å². The number of esters is 1. The minimum absolute atomic E-state index is 0.00190. The molecule has 1 aromatic carbocycles. The molecule has 5 nitrogen and oxygen atoms in total. The lowest BCUT2D eigenvalue weighted by Gasteiger charge is -2.28. The molecule has 2 rings (SSSR count). The number of amides is 1. The van der Waals surface area contributed by atoms with Gasteiger partial charge in [0.25, 0.3) is 0 Å². The Kier molecular flexibility index (Phi) is 5.33. The maximum absolute atomic E-state index is 11.3. The Bertz CT molecular complexity index is 499. The smallest absolute Gasteiger partial charge is 0.337 e. The fourth-order valence-electron chi connectivity index (χ4n) is 2.77. The molecule has 1 aromatic rings. The van der Waals surface area contributed by atoms with Crippen LogP contribution in [0.15, 0.2) is 24.3 Å². The van der Waals surface area contributed by atoms with E-state index in [2.05, 4.69) is 10.1 Å². The lowest BCUT2D eigenvalue weighted by atomic mass is 9.85. The van der Waals surface area contributed by atoms with Crippen molar-refractivity contribution in [2.75, 3.05) is 7.11 Å². The number of benzene rings is 1. The van der Waals surface area contributed by atoms with Gasteiger partial charge < -0.3 is 15.8 Å². The zero-order valence-corrected chi connectivity index (χ0v) is 12.3. The fraction of sp³-hybridized carbons (Fsp3) is 0.500. The summed E-state index contributed by atoms with van der Waals surface area (Å²) in [6.45, 7) is 0.720. The van der Waals surface area contributed by atoms with E-state index in [1.807, 2.05) is 12.1 Å². The van der Waals surface area contributed by atoms with Gasteiger partial charge in [-0.1, -0.05) is 18.6 Å². The van der Waals surface area contributed by atoms with Gasteiger partial charge in [-0.3, -0.25) is 4.79 Å². The van der Waals surface area contributed by atoms with Crippen LogP contribution in [0.25, 0.3) is 0 Å². The number of hydrogen-bond donors (Lipinski definition) is 2. The third kappa shape index (κ3) is 4.29. The van der Waals surface area contributed by atoms with Crippen molar-refractivity contribution in [3.63, 3.8) is 0 Å². The van der Waals surface area contributed by atoms with Crippen LogP contribution in [0.4, 0.5) is 0 Å². The number of carbonyl (C=O) groups excluding carboxylic acids is 2. The quantitative estimate of drug-likeness (QED) is 0.807. The van der Waals surface area contributed by atoms with Crippen LogP contribution in [0.1, 0.15) is 41.6 Å². The first-order chi connectivity index (χ1) is 10.1. The Morgan fingerprint density at radius 3 is 2.62 bits per heavy atom. The van der Waals surface area contributed by atoms with Crippen molar-refractivity contribution in [1.29, 1.82) is 0 Å². The lowest BCUT2D eigenvalue weighted by Crippen LogP contribution is -2.38. The fourth-order valence-corrected chi connectivity index (χ4v) is 2.77. The lowest BCUT2D eigenvalue weighted by molar-refractivity contribution is -0.122. The number of methoxy groups -OCH3 is 1. The summed E-state index contributed by atoms with van der Waals surface area (Å²) in [7, 11) is 1.37. The van der Waals surface area contributed by atoms with Crippen molar-refractivity contribution in [2.24, 2.45) is 11.7 Å². The van der Waals surface area contributed by atoms with Crippen molar-refractivity contribution in [1.82, 2.24) is 5.32 Å². The van der Waals surface area contributed by atoms with E-state index in [0.717, 1.165) is 37.8 Å². The minimum atomic E-state index is -0.328. The molecule has 2 atom stereocenters. The van der Waals surface area contributed by atoms with Gasteiger partial charge in [0.1, 0.15) is 0 Å². The van der Waals surface area contributed by atoms with Crippen LogP contribution in [0, 0.1) is 5.92 Å². The summed E-state index contributed by atoms with van der Waals surface area (Å²) < 4.78 is 4.67.